The van der Waals surface area contributed by atoms with Crippen LogP contribution in [0, 0.1) is 0 Å². The van der Waals surface area contributed by atoms with E-state index in [1.165, 1.54) is 0 Å². The predicted molar refractivity (Wildman–Crippen MR) is 90.9 cm³/mol. The van der Waals surface area contributed by atoms with Crippen molar-refractivity contribution in [3.63, 3.8) is 0 Å². The highest BCUT2D eigenvalue weighted by atomic mass is 79.9. The molecule has 1 atom stereocenters. The van der Waals surface area contributed by atoms with Crippen molar-refractivity contribution in [2.75, 3.05) is 6.54 Å². The van der Waals surface area contributed by atoms with Crippen LogP contribution in [0.5, 0.6) is 0 Å². The molecule has 0 saturated carbocycles. The van der Waals surface area contributed by atoms with Crippen LogP contribution in [0.2, 0.25) is 5.02 Å². The minimum absolute atomic E-state index is 0.00648. The number of hydrogen-bond donors (Lipinski definition) is 1. The fraction of sp³-hybridized carbons (Fsp3) is 0.176. The maximum atomic E-state index is 6.11. The molecule has 1 heterocycles. The molecule has 0 aliphatic carbocycles. The van der Waals surface area contributed by atoms with Gasteiger partial charge in [-0.05, 0) is 52.3 Å². The molecule has 1 aromatic heterocycles. The highest BCUT2D eigenvalue weighted by molar-refractivity contribution is 9.10. The number of para-hydroxylation sites is 1. The molecule has 108 valence electrons. The van der Waals surface area contributed by atoms with Crippen LogP contribution in [-0.4, -0.2) is 6.54 Å². The summed E-state index contributed by atoms with van der Waals surface area (Å²) >= 11 is 9.65. The lowest BCUT2D eigenvalue weighted by Gasteiger charge is -2.16. The second-order valence-electron chi connectivity index (χ2n) is 4.85. The quantitative estimate of drug-likeness (QED) is 0.657. The number of halogens is 2. The van der Waals surface area contributed by atoms with Gasteiger partial charge in [0, 0.05) is 10.4 Å². The van der Waals surface area contributed by atoms with Crippen molar-refractivity contribution in [2.45, 2.75) is 13.0 Å². The monoisotopic (exact) mass is 363 g/mol. The van der Waals surface area contributed by atoms with E-state index in [-0.39, 0.29) is 6.04 Å². The molecule has 3 rings (SSSR count). The van der Waals surface area contributed by atoms with Crippen LogP contribution in [0.4, 0.5) is 0 Å². The summed E-state index contributed by atoms with van der Waals surface area (Å²) in [5.74, 6) is 0.890. The topological polar surface area (TPSA) is 25.2 Å². The van der Waals surface area contributed by atoms with Gasteiger partial charge in [-0.1, -0.05) is 42.8 Å². The highest BCUT2D eigenvalue weighted by Gasteiger charge is 2.18. The van der Waals surface area contributed by atoms with E-state index < -0.39 is 0 Å². The van der Waals surface area contributed by atoms with Gasteiger partial charge in [0.25, 0.3) is 0 Å². The van der Waals surface area contributed by atoms with Crippen molar-refractivity contribution < 1.29 is 4.42 Å². The van der Waals surface area contributed by atoms with Gasteiger partial charge >= 0.3 is 0 Å². The van der Waals surface area contributed by atoms with Crippen LogP contribution in [0.25, 0.3) is 11.0 Å². The minimum atomic E-state index is -0.00648. The lowest BCUT2D eigenvalue weighted by molar-refractivity contribution is 0.476. The Hall–Kier alpha value is -1.29. The molecule has 3 aromatic rings. The summed E-state index contributed by atoms with van der Waals surface area (Å²) in [5, 5.41) is 5.27. The van der Waals surface area contributed by atoms with Gasteiger partial charge in [-0.2, -0.15) is 0 Å². The molecule has 0 radical (unpaired) electrons. The Labute approximate surface area is 137 Å². The summed E-state index contributed by atoms with van der Waals surface area (Å²) in [6, 6.07) is 16.0. The van der Waals surface area contributed by atoms with E-state index in [0.717, 1.165) is 38.3 Å². The number of fused-ring (bicyclic) bond motifs is 1. The average molecular weight is 365 g/mol. The van der Waals surface area contributed by atoms with Crippen LogP contribution in [0.15, 0.2) is 57.4 Å². The number of nitrogens with one attached hydrogen (secondary N) is 1. The average Bonchev–Trinajstić information content (AvgIpc) is 2.90. The molecular formula is C17H15BrClNO. The third-order valence-electron chi connectivity index (χ3n) is 3.39. The number of benzene rings is 2. The lowest BCUT2D eigenvalue weighted by atomic mass is 10.0. The molecule has 21 heavy (non-hydrogen) atoms. The van der Waals surface area contributed by atoms with Crippen molar-refractivity contribution in [2.24, 2.45) is 0 Å². The fourth-order valence-corrected chi connectivity index (χ4v) is 3.12. The van der Waals surface area contributed by atoms with E-state index in [4.69, 9.17) is 16.0 Å². The first-order valence-electron chi connectivity index (χ1n) is 6.86. The van der Waals surface area contributed by atoms with E-state index in [0.29, 0.717) is 0 Å². The molecular weight excluding hydrogens is 350 g/mol. The van der Waals surface area contributed by atoms with Gasteiger partial charge < -0.3 is 9.73 Å². The Morgan fingerprint density at radius 1 is 1.19 bits per heavy atom. The normalized spacial score (nSPS) is 12.7. The van der Waals surface area contributed by atoms with E-state index >= 15 is 0 Å². The maximum Gasteiger partial charge on any atom is 0.148 e. The second kappa shape index (κ2) is 6.22. The molecule has 0 amide bonds. The molecule has 0 aliphatic heterocycles. The zero-order valence-corrected chi connectivity index (χ0v) is 13.9. The van der Waals surface area contributed by atoms with Crippen LogP contribution >= 0.6 is 27.5 Å². The van der Waals surface area contributed by atoms with E-state index in [1.807, 2.05) is 36.4 Å². The number of hydrogen-bond acceptors (Lipinski definition) is 2. The van der Waals surface area contributed by atoms with Gasteiger partial charge in [0.1, 0.15) is 11.3 Å². The molecule has 0 saturated heterocycles. The van der Waals surface area contributed by atoms with E-state index in [1.54, 1.807) is 0 Å². The van der Waals surface area contributed by atoms with Crippen molar-refractivity contribution >= 4 is 38.5 Å². The summed E-state index contributed by atoms with van der Waals surface area (Å²) in [4.78, 5) is 0. The SMILES string of the molecule is CCNC(c1cccc(Cl)c1)c1cc2cccc(Br)c2o1. The zero-order valence-electron chi connectivity index (χ0n) is 11.6. The Bertz CT molecular complexity index is 768. The summed E-state index contributed by atoms with van der Waals surface area (Å²) in [7, 11) is 0. The minimum Gasteiger partial charge on any atom is -0.458 e. The maximum absolute atomic E-state index is 6.11. The van der Waals surface area contributed by atoms with E-state index in [9.17, 15) is 0 Å². The molecule has 0 fully saturated rings. The standard InChI is InChI=1S/C17H15BrClNO/c1-2-20-16(11-5-3-7-13(19)9-11)15-10-12-6-4-8-14(18)17(12)21-15/h3-10,16,20H,2H2,1H3. The Morgan fingerprint density at radius 3 is 2.71 bits per heavy atom. The predicted octanol–water partition coefficient (Wildman–Crippen LogP) is 5.55. The molecule has 1 N–H and O–H groups in total. The van der Waals surface area contributed by atoms with Gasteiger partial charge in [-0.25, -0.2) is 0 Å². The smallest absolute Gasteiger partial charge is 0.148 e. The van der Waals surface area contributed by atoms with Gasteiger partial charge in [0.05, 0.1) is 10.5 Å². The summed E-state index contributed by atoms with van der Waals surface area (Å²) in [6.45, 7) is 2.92. The molecule has 4 heteroatoms. The Kier molecular flexibility index (Phi) is 4.34. The first-order valence-corrected chi connectivity index (χ1v) is 8.03. The summed E-state index contributed by atoms with van der Waals surface area (Å²) in [5.41, 5.74) is 1.97. The van der Waals surface area contributed by atoms with Crippen LogP contribution in [0.3, 0.4) is 0 Å². The van der Waals surface area contributed by atoms with Crippen LogP contribution in [-0.2, 0) is 0 Å². The Morgan fingerprint density at radius 2 is 2.00 bits per heavy atom. The van der Waals surface area contributed by atoms with Crippen molar-refractivity contribution in [3.05, 3.63) is 69.3 Å². The fourth-order valence-electron chi connectivity index (χ4n) is 2.46. The largest absolute Gasteiger partial charge is 0.458 e. The number of rotatable bonds is 4. The molecule has 1 unspecified atom stereocenters. The second-order valence-corrected chi connectivity index (χ2v) is 6.14. The zero-order chi connectivity index (χ0) is 14.8. The highest BCUT2D eigenvalue weighted by Crippen LogP contribution is 2.32. The van der Waals surface area contributed by atoms with E-state index in [2.05, 4.69) is 40.3 Å². The van der Waals surface area contributed by atoms with Crippen LogP contribution < -0.4 is 5.32 Å². The first-order chi connectivity index (χ1) is 10.2. The molecule has 0 aliphatic rings. The van der Waals surface area contributed by atoms with Gasteiger partial charge in [0.2, 0.25) is 0 Å². The molecule has 2 nitrogen and oxygen atoms in total. The summed E-state index contributed by atoms with van der Waals surface area (Å²) < 4.78 is 7.02. The first kappa shape index (κ1) is 14.6. The molecule has 0 spiro atoms. The Balaban J connectivity index is 2.09. The lowest BCUT2D eigenvalue weighted by Crippen LogP contribution is -2.21. The van der Waals surface area contributed by atoms with Crippen LogP contribution in [0.1, 0.15) is 24.3 Å². The third kappa shape index (κ3) is 3.00. The number of furan rings is 1. The van der Waals surface area contributed by atoms with Crippen molar-refractivity contribution in [1.82, 2.24) is 5.32 Å². The third-order valence-corrected chi connectivity index (χ3v) is 4.25. The van der Waals surface area contributed by atoms with Crippen molar-refractivity contribution in [3.8, 4) is 0 Å². The molecule has 2 aromatic carbocycles. The van der Waals surface area contributed by atoms with Gasteiger partial charge in [-0.3, -0.25) is 0 Å². The summed E-state index contributed by atoms with van der Waals surface area (Å²) in [6.07, 6.45) is 0. The van der Waals surface area contributed by atoms with Gasteiger partial charge in [0.15, 0.2) is 0 Å². The van der Waals surface area contributed by atoms with Gasteiger partial charge in [-0.15, -0.1) is 0 Å². The van der Waals surface area contributed by atoms with Crippen molar-refractivity contribution in [1.29, 1.82) is 0 Å². The molecule has 0 bridgehead atoms.